The SMILES string of the molecule is COC(=O)CN(C(=O)C1CC1)[C@@H]1CCS(=O)(=O)C1. The third-order valence-corrected chi connectivity index (χ3v) is 5.14. The van der Waals surface area contributed by atoms with Crippen molar-refractivity contribution in [1.29, 1.82) is 0 Å². The summed E-state index contributed by atoms with van der Waals surface area (Å²) in [5, 5.41) is 0. The second-order valence-electron chi connectivity index (χ2n) is 4.87. The zero-order chi connectivity index (χ0) is 13.3. The van der Waals surface area contributed by atoms with Crippen LogP contribution >= 0.6 is 0 Å². The number of esters is 1. The summed E-state index contributed by atoms with van der Waals surface area (Å²) in [4.78, 5) is 24.8. The number of hydrogen-bond acceptors (Lipinski definition) is 5. The fraction of sp³-hybridized carbons (Fsp3) is 0.818. The third kappa shape index (κ3) is 3.01. The molecule has 1 aliphatic heterocycles. The minimum absolute atomic E-state index is 0.0297. The first-order valence-corrected chi connectivity index (χ1v) is 7.83. The number of ether oxygens (including phenoxy) is 1. The molecule has 7 heteroatoms. The summed E-state index contributed by atoms with van der Waals surface area (Å²) in [6, 6.07) is -0.373. The van der Waals surface area contributed by atoms with Gasteiger partial charge in [0.2, 0.25) is 5.91 Å². The Labute approximate surface area is 106 Å². The first kappa shape index (κ1) is 13.3. The molecule has 0 N–H and O–H groups in total. The van der Waals surface area contributed by atoms with Crippen molar-refractivity contribution in [1.82, 2.24) is 4.90 Å². The van der Waals surface area contributed by atoms with Crippen molar-refractivity contribution in [3.63, 3.8) is 0 Å². The molecule has 0 spiro atoms. The number of hydrogen-bond donors (Lipinski definition) is 0. The fourth-order valence-electron chi connectivity index (χ4n) is 2.18. The molecule has 1 saturated carbocycles. The highest BCUT2D eigenvalue weighted by Gasteiger charge is 2.41. The number of carbonyl (C=O) groups is 2. The summed E-state index contributed by atoms with van der Waals surface area (Å²) in [6.45, 7) is -0.147. The van der Waals surface area contributed by atoms with E-state index in [1.165, 1.54) is 12.0 Å². The standard InChI is InChI=1S/C11H17NO5S/c1-17-10(13)6-12(11(14)8-2-3-8)9-4-5-18(15,16)7-9/h8-9H,2-7H2,1H3/t9-/m1/s1. The zero-order valence-corrected chi connectivity index (χ0v) is 11.1. The first-order chi connectivity index (χ1) is 8.43. The van der Waals surface area contributed by atoms with E-state index in [1.807, 2.05) is 0 Å². The lowest BCUT2D eigenvalue weighted by molar-refractivity contribution is -0.148. The van der Waals surface area contributed by atoms with E-state index in [-0.39, 0.29) is 35.9 Å². The second-order valence-corrected chi connectivity index (χ2v) is 7.10. The normalized spacial score (nSPS) is 25.7. The van der Waals surface area contributed by atoms with Crippen LogP contribution in [0.15, 0.2) is 0 Å². The number of amides is 1. The van der Waals surface area contributed by atoms with Gasteiger partial charge in [-0.25, -0.2) is 8.42 Å². The number of sulfone groups is 1. The Morgan fingerprint density at radius 1 is 1.28 bits per heavy atom. The molecule has 6 nitrogen and oxygen atoms in total. The van der Waals surface area contributed by atoms with Crippen molar-refractivity contribution < 1.29 is 22.7 Å². The molecule has 0 aromatic carbocycles. The summed E-state index contributed by atoms with van der Waals surface area (Å²) in [5.41, 5.74) is 0. The maximum Gasteiger partial charge on any atom is 0.325 e. The van der Waals surface area contributed by atoms with Crippen LogP contribution < -0.4 is 0 Å². The molecule has 1 atom stereocenters. The molecule has 1 amide bonds. The highest BCUT2D eigenvalue weighted by Crippen LogP contribution is 2.32. The van der Waals surface area contributed by atoms with E-state index >= 15 is 0 Å². The first-order valence-electron chi connectivity index (χ1n) is 6.00. The quantitative estimate of drug-likeness (QED) is 0.651. The van der Waals surface area contributed by atoms with Crippen LogP contribution in [0.25, 0.3) is 0 Å². The lowest BCUT2D eigenvalue weighted by atomic mass is 10.2. The second kappa shape index (κ2) is 4.87. The van der Waals surface area contributed by atoms with E-state index in [0.717, 1.165) is 12.8 Å². The van der Waals surface area contributed by atoms with E-state index in [2.05, 4.69) is 4.74 Å². The average Bonchev–Trinajstić information content (AvgIpc) is 3.10. The summed E-state index contributed by atoms with van der Waals surface area (Å²) in [6.07, 6.45) is 2.07. The molecular weight excluding hydrogens is 258 g/mol. The van der Waals surface area contributed by atoms with Gasteiger partial charge in [-0.05, 0) is 19.3 Å². The minimum Gasteiger partial charge on any atom is -0.468 e. The number of carbonyl (C=O) groups excluding carboxylic acids is 2. The Bertz CT molecular complexity index is 454. The minimum atomic E-state index is -3.07. The van der Waals surface area contributed by atoms with Gasteiger partial charge in [0, 0.05) is 12.0 Å². The van der Waals surface area contributed by atoms with Gasteiger partial charge >= 0.3 is 5.97 Å². The van der Waals surface area contributed by atoms with Crippen molar-refractivity contribution in [2.24, 2.45) is 5.92 Å². The largest absolute Gasteiger partial charge is 0.468 e. The lowest BCUT2D eigenvalue weighted by Crippen LogP contribution is -2.45. The van der Waals surface area contributed by atoms with E-state index in [0.29, 0.717) is 6.42 Å². The number of nitrogens with zero attached hydrogens (tertiary/aromatic N) is 1. The van der Waals surface area contributed by atoms with Gasteiger partial charge < -0.3 is 9.64 Å². The van der Waals surface area contributed by atoms with Gasteiger partial charge in [-0.1, -0.05) is 0 Å². The molecular formula is C11H17NO5S. The van der Waals surface area contributed by atoms with E-state index in [4.69, 9.17) is 0 Å². The molecule has 0 unspecified atom stereocenters. The molecule has 1 heterocycles. The van der Waals surface area contributed by atoms with Crippen molar-refractivity contribution in [3.05, 3.63) is 0 Å². The molecule has 102 valence electrons. The van der Waals surface area contributed by atoms with Crippen LogP contribution in [0.2, 0.25) is 0 Å². The molecule has 0 bridgehead atoms. The molecule has 2 fully saturated rings. The van der Waals surface area contributed by atoms with Crippen molar-refractivity contribution in [2.75, 3.05) is 25.2 Å². The van der Waals surface area contributed by atoms with E-state index in [1.54, 1.807) is 0 Å². The van der Waals surface area contributed by atoms with Gasteiger partial charge in [-0.3, -0.25) is 9.59 Å². The maximum atomic E-state index is 12.1. The number of rotatable bonds is 4. The summed E-state index contributed by atoms with van der Waals surface area (Å²) in [7, 11) is -1.81. The van der Waals surface area contributed by atoms with Gasteiger partial charge in [0.25, 0.3) is 0 Å². The molecule has 0 aromatic heterocycles. The van der Waals surface area contributed by atoms with Crippen molar-refractivity contribution >= 4 is 21.7 Å². The molecule has 2 rings (SSSR count). The highest BCUT2D eigenvalue weighted by molar-refractivity contribution is 7.91. The van der Waals surface area contributed by atoms with Crippen LogP contribution in [0.3, 0.4) is 0 Å². The fourth-order valence-corrected chi connectivity index (χ4v) is 3.91. The third-order valence-electron chi connectivity index (χ3n) is 3.39. The smallest absolute Gasteiger partial charge is 0.325 e. The molecule has 0 aromatic rings. The van der Waals surface area contributed by atoms with E-state index in [9.17, 15) is 18.0 Å². The Kier molecular flexibility index (Phi) is 3.61. The maximum absolute atomic E-state index is 12.1. The van der Waals surface area contributed by atoms with Gasteiger partial charge in [-0.15, -0.1) is 0 Å². The average molecular weight is 275 g/mol. The van der Waals surface area contributed by atoms with Crippen molar-refractivity contribution in [2.45, 2.75) is 25.3 Å². The topological polar surface area (TPSA) is 80.8 Å². The summed E-state index contributed by atoms with van der Waals surface area (Å²) >= 11 is 0. The van der Waals surface area contributed by atoms with E-state index < -0.39 is 15.8 Å². The van der Waals surface area contributed by atoms with Crippen LogP contribution in [0.1, 0.15) is 19.3 Å². The summed E-state index contributed by atoms with van der Waals surface area (Å²) in [5.74, 6) is -0.593. The monoisotopic (exact) mass is 275 g/mol. The van der Waals surface area contributed by atoms with Crippen LogP contribution in [-0.4, -0.2) is 56.4 Å². The molecule has 2 aliphatic rings. The molecule has 0 radical (unpaired) electrons. The number of methoxy groups -OCH3 is 1. The molecule has 18 heavy (non-hydrogen) atoms. The molecule has 1 saturated heterocycles. The Morgan fingerprint density at radius 3 is 2.39 bits per heavy atom. The lowest BCUT2D eigenvalue weighted by Gasteiger charge is -2.27. The predicted octanol–water partition coefficient (Wildman–Crippen LogP) is -0.415. The Morgan fingerprint density at radius 2 is 1.94 bits per heavy atom. The Balaban J connectivity index is 2.09. The van der Waals surface area contributed by atoms with Crippen molar-refractivity contribution in [3.8, 4) is 0 Å². The zero-order valence-electron chi connectivity index (χ0n) is 10.3. The predicted molar refractivity (Wildman–Crippen MR) is 63.5 cm³/mol. The van der Waals surface area contributed by atoms with Crippen LogP contribution in [-0.2, 0) is 24.2 Å². The van der Waals surface area contributed by atoms with Crippen LogP contribution in [0, 0.1) is 5.92 Å². The van der Waals surface area contributed by atoms with Gasteiger partial charge in [-0.2, -0.15) is 0 Å². The van der Waals surface area contributed by atoms with Gasteiger partial charge in [0.05, 0.1) is 18.6 Å². The van der Waals surface area contributed by atoms with Crippen LogP contribution in [0.4, 0.5) is 0 Å². The van der Waals surface area contributed by atoms with Gasteiger partial charge in [0.1, 0.15) is 6.54 Å². The van der Waals surface area contributed by atoms with Gasteiger partial charge in [0.15, 0.2) is 9.84 Å². The van der Waals surface area contributed by atoms with Crippen LogP contribution in [0.5, 0.6) is 0 Å². The highest BCUT2D eigenvalue weighted by atomic mass is 32.2. The summed E-state index contributed by atoms with van der Waals surface area (Å²) < 4.78 is 27.5. The molecule has 1 aliphatic carbocycles. The Hall–Kier alpha value is -1.11.